The Morgan fingerprint density at radius 1 is 1.33 bits per heavy atom. The van der Waals surface area contributed by atoms with Crippen LogP contribution in [-0.4, -0.2) is 30.1 Å². The van der Waals surface area contributed by atoms with Gasteiger partial charge in [-0.25, -0.2) is 4.79 Å². The summed E-state index contributed by atoms with van der Waals surface area (Å²) in [6.45, 7) is 5.86. The van der Waals surface area contributed by atoms with Gasteiger partial charge < -0.3 is 10.2 Å². The molecule has 1 fully saturated rings. The molecule has 0 aromatic rings. The fourth-order valence-corrected chi connectivity index (χ4v) is 2.26. The van der Waals surface area contributed by atoms with E-state index in [1.54, 1.807) is 0 Å². The molecule has 1 rings (SSSR count). The van der Waals surface area contributed by atoms with Crippen molar-refractivity contribution in [3.05, 3.63) is 0 Å². The largest absolute Gasteiger partial charge is 0.338 e. The van der Waals surface area contributed by atoms with Crippen LogP contribution in [0.2, 0.25) is 0 Å². The lowest BCUT2D eigenvalue weighted by molar-refractivity contribution is 0.179. The van der Waals surface area contributed by atoms with E-state index in [1.807, 2.05) is 4.90 Å². The van der Waals surface area contributed by atoms with Crippen LogP contribution in [0, 0.1) is 0 Å². The molecule has 1 N–H and O–H groups in total. The van der Waals surface area contributed by atoms with E-state index >= 15 is 0 Å². The molecule has 1 aliphatic carbocycles. The number of amides is 2. The van der Waals surface area contributed by atoms with E-state index in [0.29, 0.717) is 6.04 Å². The number of unbranched alkanes of at least 4 members (excludes halogenated alkanes) is 1. The summed E-state index contributed by atoms with van der Waals surface area (Å²) in [6.07, 6.45) is 7.15. The van der Waals surface area contributed by atoms with Crippen LogP contribution >= 0.6 is 0 Å². The highest BCUT2D eigenvalue weighted by molar-refractivity contribution is 5.74. The number of nitrogens with one attached hydrogen (secondary N) is 1. The first-order valence-corrected chi connectivity index (χ1v) is 6.34. The molecule has 1 aliphatic rings. The average Bonchev–Trinajstić information content (AvgIpc) is 2.73. The zero-order valence-corrected chi connectivity index (χ0v) is 10.1. The molecule has 1 saturated carbocycles. The highest BCUT2D eigenvalue weighted by atomic mass is 16.2. The minimum absolute atomic E-state index is 0.137. The van der Waals surface area contributed by atoms with E-state index < -0.39 is 0 Å². The second kappa shape index (κ2) is 6.70. The van der Waals surface area contributed by atoms with Gasteiger partial charge in [-0.3, -0.25) is 0 Å². The maximum Gasteiger partial charge on any atom is 0.317 e. The molecule has 0 atom stereocenters. The maximum atomic E-state index is 11.9. The highest BCUT2D eigenvalue weighted by Gasteiger charge is 2.24. The highest BCUT2D eigenvalue weighted by Crippen LogP contribution is 2.23. The van der Waals surface area contributed by atoms with Gasteiger partial charge in [0, 0.05) is 19.1 Å². The lowest BCUT2D eigenvalue weighted by Gasteiger charge is -2.27. The third kappa shape index (κ3) is 3.73. The fraction of sp³-hybridized carbons (Fsp3) is 0.917. The van der Waals surface area contributed by atoms with Gasteiger partial charge in [0.25, 0.3) is 0 Å². The van der Waals surface area contributed by atoms with Crippen molar-refractivity contribution in [2.24, 2.45) is 0 Å². The molecule has 0 bridgehead atoms. The van der Waals surface area contributed by atoms with Crippen molar-refractivity contribution in [1.29, 1.82) is 0 Å². The summed E-state index contributed by atoms with van der Waals surface area (Å²) in [7, 11) is 0. The molecule has 0 spiro atoms. The van der Waals surface area contributed by atoms with Crippen molar-refractivity contribution >= 4 is 6.03 Å². The summed E-state index contributed by atoms with van der Waals surface area (Å²) in [5.41, 5.74) is 0. The minimum Gasteiger partial charge on any atom is -0.338 e. The van der Waals surface area contributed by atoms with Gasteiger partial charge in [0.2, 0.25) is 0 Å². The van der Waals surface area contributed by atoms with E-state index in [4.69, 9.17) is 0 Å². The molecule has 88 valence electrons. The maximum absolute atomic E-state index is 11.9. The third-order valence-electron chi connectivity index (χ3n) is 3.17. The van der Waals surface area contributed by atoms with E-state index in [1.165, 1.54) is 25.7 Å². The predicted octanol–water partition coefficient (Wildman–Crippen LogP) is 2.76. The standard InChI is InChI=1S/C12H24N2O/c1-3-5-10-13-12(15)14(4-2)11-8-6-7-9-11/h11H,3-10H2,1-2H3,(H,13,15). The molecule has 0 aromatic heterocycles. The molecule has 0 aliphatic heterocycles. The lowest BCUT2D eigenvalue weighted by Crippen LogP contribution is -2.45. The summed E-state index contributed by atoms with van der Waals surface area (Å²) in [4.78, 5) is 13.9. The van der Waals surface area contributed by atoms with Crippen molar-refractivity contribution in [3.63, 3.8) is 0 Å². The van der Waals surface area contributed by atoms with Crippen molar-refractivity contribution in [3.8, 4) is 0 Å². The van der Waals surface area contributed by atoms with Crippen LogP contribution in [0.4, 0.5) is 4.79 Å². The topological polar surface area (TPSA) is 32.3 Å². The Balaban J connectivity index is 2.32. The lowest BCUT2D eigenvalue weighted by atomic mass is 10.2. The van der Waals surface area contributed by atoms with Gasteiger partial charge in [0.05, 0.1) is 0 Å². The number of carbonyl (C=O) groups is 1. The summed E-state index contributed by atoms with van der Waals surface area (Å²) in [6, 6.07) is 0.634. The Hall–Kier alpha value is -0.730. The molecule has 2 amide bonds. The van der Waals surface area contributed by atoms with Crippen LogP contribution in [0.25, 0.3) is 0 Å². The van der Waals surface area contributed by atoms with Crippen LogP contribution in [0.5, 0.6) is 0 Å². The first-order valence-electron chi connectivity index (χ1n) is 6.34. The summed E-state index contributed by atoms with van der Waals surface area (Å²) < 4.78 is 0. The Labute approximate surface area is 93.2 Å². The third-order valence-corrected chi connectivity index (χ3v) is 3.17. The molecule has 0 heterocycles. The molecule has 3 heteroatoms. The normalized spacial score (nSPS) is 16.7. The molecular weight excluding hydrogens is 188 g/mol. The molecular formula is C12H24N2O. The zero-order valence-electron chi connectivity index (χ0n) is 10.1. The van der Waals surface area contributed by atoms with E-state index in [9.17, 15) is 4.79 Å². The Morgan fingerprint density at radius 2 is 2.00 bits per heavy atom. The number of nitrogens with zero attached hydrogens (tertiary/aromatic N) is 1. The van der Waals surface area contributed by atoms with Gasteiger partial charge in [0.1, 0.15) is 0 Å². The van der Waals surface area contributed by atoms with E-state index in [-0.39, 0.29) is 6.03 Å². The van der Waals surface area contributed by atoms with Crippen molar-refractivity contribution in [2.75, 3.05) is 13.1 Å². The van der Waals surface area contributed by atoms with E-state index in [2.05, 4.69) is 19.2 Å². The molecule has 0 aromatic carbocycles. The van der Waals surface area contributed by atoms with Crippen LogP contribution in [0.15, 0.2) is 0 Å². The molecule has 0 saturated heterocycles. The molecule has 0 radical (unpaired) electrons. The summed E-state index contributed by atoms with van der Waals surface area (Å²) >= 11 is 0. The number of hydrogen-bond donors (Lipinski definition) is 1. The number of carbonyl (C=O) groups excluding carboxylic acids is 1. The van der Waals surface area contributed by atoms with Crippen molar-refractivity contribution < 1.29 is 4.79 Å². The Kier molecular flexibility index (Phi) is 5.51. The van der Waals surface area contributed by atoms with Gasteiger partial charge in [-0.15, -0.1) is 0 Å². The first kappa shape index (κ1) is 12.3. The van der Waals surface area contributed by atoms with Gasteiger partial charge >= 0.3 is 6.03 Å². The van der Waals surface area contributed by atoms with Crippen molar-refractivity contribution in [2.45, 2.75) is 58.4 Å². The quantitative estimate of drug-likeness (QED) is 0.698. The van der Waals surface area contributed by atoms with Crippen LogP contribution in [0.1, 0.15) is 52.4 Å². The number of hydrogen-bond acceptors (Lipinski definition) is 1. The second-order valence-corrected chi connectivity index (χ2v) is 4.31. The zero-order chi connectivity index (χ0) is 11.1. The first-order chi connectivity index (χ1) is 7.29. The second-order valence-electron chi connectivity index (χ2n) is 4.31. The minimum atomic E-state index is 0.137. The summed E-state index contributed by atoms with van der Waals surface area (Å²) in [5, 5.41) is 3.00. The van der Waals surface area contributed by atoms with Gasteiger partial charge in [-0.2, -0.15) is 0 Å². The molecule has 15 heavy (non-hydrogen) atoms. The monoisotopic (exact) mass is 212 g/mol. The SMILES string of the molecule is CCCCNC(=O)N(CC)C1CCCC1. The molecule has 0 unspecified atom stereocenters. The van der Waals surface area contributed by atoms with Gasteiger partial charge in [0.15, 0.2) is 0 Å². The van der Waals surface area contributed by atoms with Gasteiger partial charge in [-0.1, -0.05) is 26.2 Å². The van der Waals surface area contributed by atoms with E-state index in [0.717, 1.165) is 25.9 Å². The van der Waals surface area contributed by atoms with Crippen LogP contribution < -0.4 is 5.32 Å². The number of urea groups is 1. The van der Waals surface area contributed by atoms with Crippen LogP contribution in [0.3, 0.4) is 0 Å². The average molecular weight is 212 g/mol. The van der Waals surface area contributed by atoms with Gasteiger partial charge in [-0.05, 0) is 26.2 Å². The van der Waals surface area contributed by atoms with Crippen molar-refractivity contribution in [1.82, 2.24) is 10.2 Å². The summed E-state index contributed by atoms with van der Waals surface area (Å²) in [5.74, 6) is 0. The smallest absolute Gasteiger partial charge is 0.317 e. The molecule has 3 nitrogen and oxygen atoms in total. The predicted molar refractivity (Wildman–Crippen MR) is 62.9 cm³/mol. The Bertz CT molecular complexity index is 188. The fourth-order valence-electron chi connectivity index (χ4n) is 2.26. The Morgan fingerprint density at radius 3 is 2.53 bits per heavy atom. The number of rotatable bonds is 5. The van der Waals surface area contributed by atoms with Crippen LogP contribution in [-0.2, 0) is 0 Å².